The first kappa shape index (κ1) is 13.8. The molecule has 6 heteroatoms. The summed E-state index contributed by atoms with van der Waals surface area (Å²) in [4.78, 5) is 20.1. The highest BCUT2D eigenvalue weighted by molar-refractivity contribution is 5.93. The highest BCUT2D eigenvalue weighted by atomic mass is 16.5. The number of carbonyl (C=O) groups excluding carboxylic acids is 1. The third-order valence-corrected chi connectivity index (χ3v) is 3.72. The molecule has 3 heterocycles. The molecular formula is C15H17N3O3. The molecule has 21 heavy (non-hydrogen) atoms. The van der Waals surface area contributed by atoms with Gasteiger partial charge in [-0.05, 0) is 31.0 Å². The van der Waals surface area contributed by atoms with Crippen molar-refractivity contribution in [2.75, 3.05) is 13.2 Å². The zero-order valence-corrected chi connectivity index (χ0v) is 11.8. The minimum Gasteiger partial charge on any atom is -0.448 e. The number of amides is 1. The molecule has 1 saturated heterocycles. The van der Waals surface area contributed by atoms with Crippen LogP contribution in [0.2, 0.25) is 0 Å². The number of hydrogen-bond donors (Lipinski definition) is 1. The van der Waals surface area contributed by atoms with Crippen LogP contribution in [0.1, 0.15) is 21.8 Å². The van der Waals surface area contributed by atoms with Gasteiger partial charge in [0, 0.05) is 18.3 Å². The molecule has 2 atom stereocenters. The predicted octanol–water partition coefficient (Wildman–Crippen LogP) is 1.37. The second-order valence-corrected chi connectivity index (χ2v) is 5.19. The van der Waals surface area contributed by atoms with Crippen LogP contribution >= 0.6 is 0 Å². The maximum Gasteiger partial charge on any atom is 0.273 e. The average molecular weight is 287 g/mol. The third kappa shape index (κ3) is 3.11. The van der Waals surface area contributed by atoms with E-state index < -0.39 is 0 Å². The highest BCUT2D eigenvalue weighted by Crippen LogP contribution is 2.19. The van der Waals surface area contributed by atoms with Crippen LogP contribution in [-0.2, 0) is 11.2 Å². The zero-order chi connectivity index (χ0) is 14.7. The summed E-state index contributed by atoms with van der Waals surface area (Å²) >= 11 is 0. The van der Waals surface area contributed by atoms with Crippen LogP contribution in [0.15, 0.2) is 35.3 Å². The highest BCUT2D eigenvalue weighted by Gasteiger charge is 2.30. The van der Waals surface area contributed by atoms with Gasteiger partial charge in [0.1, 0.15) is 5.76 Å². The quantitative estimate of drug-likeness (QED) is 0.919. The Morgan fingerprint density at radius 1 is 1.38 bits per heavy atom. The molecule has 1 aliphatic heterocycles. The number of aromatic nitrogens is 2. The number of oxazole rings is 1. The molecule has 1 aliphatic rings. The molecule has 110 valence electrons. The summed E-state index contributed by atoms with van der Waals surface area (Å²) in [5, 5.41) is 2.99. The van der Waals surface area contributed by atoms with Gasteiger partial charge in [0.05, 0.1) is 19.3 Å². The van der Waals surface area contributed by atoms with E-state index in [0.717, 1.165) is 6.42 Å². The fourth-order valence-corrected chi connectivity index (χ4v) is 2.54. The van der Waals surface area contributed by atoms with Gasteiger partial charge in [-0.3, -0.25) is 9.78 Å². The first-order valence-electron chi connectivity index (χ1n) is 6.91. The molecule has 0 unspecified atom stereocenters. The predicted molar refractivity (Wildman–Crippen MR) is 74.7 cm³/mol. The van der Waals surface area contributed by atoms with Gasteiger partial charge in [-0.2, -0.15) is 0 Å². The summed E-state index contributed by atoms with van der Waals surface area (Å²) in [6.07, 6.45) is 5.68. The molecule has 1 amide bonds. The minimum absolute atomic E-state index is 0.0123. The van der Waals surface area contributed by atoms with E-state index in [1.807, 2.05) is 12.1 Å². The van der Waals surface area contributed by atoms with Gasteiger partial charge < -0.3 is 14.5 Å². The molecule has 1 N–H and O–H groups in total. The Morgan fingerprint density at radius 3 is 2.90 bits per heavy atom. The van der Waals surface area contributed by atoms with Crippen molar-refractivity contribution in [3.63, 3.8) is 0 Å². The molecule has 1 fully saturated rings. The first-order chi connectivity index (χ1) is 10.2. The van der Waals surface area contributed by atoms with Crippen LogP contribution < -0.4 is 5.32 Å². The molecule has 2 aromatic heterocycles. The molecule has 0 aromatic carbocycles. The van der Waals surface area contributed by atoms with E-state index in [0.29, 0.717) is 24.7 Å². The van der Waals surface area contributed by atoms with Gasteiger partial charge in [0.25, 0.3) is 5.91 Å². The lowest BCUT2D eigenvalue weighted by Gasteiger charge is -2.18. The molecule has 0 radical (unpaired) electrons. The molecular weight excluding hydrogens is 270 g/mol. The maximum absolute atomic E-state index is 12.2. The van der Waals surface area contributed by atoms with E-state index in [9.17, 15) is 4.79 Å². The molecule has 3 rings (SSSR count). The fraction of sp³-hybridized carbons (Fsp3) is 0.400. The average Bonchev–Trinajstić information content (AvgIpc) is 3.10. The van der Waals surface area contributed by atoms with Crippen molar-refractivity contribution in [2.45, 2.75) is 19.4 Å². The van der Waals surface area contributed by atoms with Gasteiger partial charge in [-0.15, -0.1) is 0 Å². The van der Waals surface area contributed by atoms with E-state index in [1.165, 1.54) is 12.0 Å². The van der Waals surface area contributed by atoms with E-state index in [4.69, 9.17) is 9.15 Å². The largest absolute Gasteiger partial charge is 0.448 e. The van der Waals surface area contributed by atoms with Gasteiger partial charge in [0.2, 0.25) is 0 Å². The van der Waals surface area contributed by atoms with Crippen LogP contribution in [-0.4, -0.2) is 35.1 Å². The summed E-state index contributed by atoms with van der Waals surface area (Å²) in [5.74, 6) is 0.567. The minimum atomic E-state index is -0.212. The molecule has 0 spiro atoms. The van der Waals surface area contributed by atoms with Crippen molar-refractivity contribution < 1.29 is 13.9 Å². The van der Waals surface area contributed by atoms with Crippen LogP contribution in [0.3, 0.4) is 0 Å². The van der Waals surface area contributed by atoms with Gasteiger partial charge in [0.15, 0.2) is 12.1 Å². The van der Waals surface area contributed by atoms with Crippen molar-refractivity contribution in [1.29, 1.82) is 0 Å². The smallest absolute Gasteiger partial charge is 0.273 e. The number of pyridine rings is 1. The summed E-state index contributed by atoms with van der Waals surface area (Å²) in [7, 11) is 0. The first-order valence-corrected chi connectivity index (χ1v) is 6.91. The lowest BCUT2D eigenvalue weighted by atomic mass is 9.95. The number of nitrogens with one attached hydrogen (secondary N) is 1. The Morgan fingerprint density at radius 2 is 2.19 bits per heavy atom. The molecule has 2 aromatic rings. The molecule has 0 aliphatic carbocycles. The monoisotopic (exact) mass is 287 g/mol. The van der Waals surface area contributed by atoms with Crippen molar-refractivity contribution in [3.8, 4) is 0 Å². The number of rotatable bonds is 4. The summed E-state index contributed by atoms with van der Waals surface area (Å²) < 4.78 is 10.6. The van der Waals surface area contributed by atoms with E-state index in [2.05, 4.69) is 15.3 Å². The summed E-state index contributed by atoms with van der Waals surface area (Å²) in [6, 6.07) is 3.96. The van der Waals surface area contributed by atoms with E-state index >= 15 is 0 Å². The zero-order valence-electron chi connectivity index (χ0n) is 11.8. The third-order valence-electron chi connectivity index (χ3n) is 3.72. The summed E-state index contributed by atoms with van der Waals surface area (Å²) in [5.41, 5.74) is 1.53. The normalized spacial score (nSPS) is 21.4. The van der Waals surface area contributed by atoms with Gasteiger partial charge in [-0.1, -0.05) is 0 Å². The Labute approximate surface area is 122 Å². The van der Waals surface area contributed by atoms with Crippen LogP contribution in [0.5, 0.6) is 0 Å². The standard InChI is InChI=1S/C15H17N3O3/c1-10-14(17-9-21-10)15(19)18-13-8-20-7-12(13)6-11-2-4-16-5-3-11/h2-5,9,12-13H,6-8H2,1H3,(H,18,19)/t12-,13+/m1/s1. The van der Waals surface area contributed by atoms with E-state index in [-0.39, 0.29) is 17.9 Å². The van der Waals surface area contributed by atoms with Crippen LogP contribution in [0, 0.1) is 12.8 Å². The van der Waals surface area contributed by atoms with Crippen molar-refractivity contribution >= 4 is 5.91 Å². The van der Waals surface area contributed by atoms with Crippen LogP contribution in [0.4, 0.5) is 0 Å². The topological polar surface area (TPSA) is 77.2 Å². The maximum atomic E-state index is 12.2. The second-order valence-electron chi connectivity index (χ2n) is 5.19. The Kier molecular flexibility index (Phi) is 3.96. The second kappa shape index (κ2) is 6.05. The van der Waals surface area contributed by atoms with E-state index in [1.54, 1.807) is 19.3 Å². The fourth-order valence-electron chi connectivity index (χ4n) is 2.54. The Bertz CT molecular complexity index is 612. The van der Waals surface area contributed by atoms with Gasteiger partial charge in [-0.25, -0.2) is 4.98 Å². The number of nitrogens with zero attached hydrogens (tertiary/aromatic N) is 2. The van der Waals surface area contributed by atoms with Crippen molar-refractivity contribution in [2.24, 2.45) is 5.92 Å². The number of carbonyl (C=O) groups is 1. The Balaban J connectivity index is 1.64. The molecule has 0 saturated carbocycles. The SMILES string of the molecule is Cc1ocnc1C(=O)N[C@H]1COC[C@H]1Cc1ccncc1. The molecule has 0 bridgehead atoms. The van der Waals surface area contributed by atoms with Crippen molar-refractivity contribution in [3.05, 3.63) is 47.9 Å². The number of aryl methyl sites for hydroxylation is 1. The molecule has 6 nitrogen and oxygen atoms in total. The lowest BCUT2D eigenvalue weighted by molar-refractivity contribution is 0.0919. The number of hydrogen-bond acceptors (Lipinski definition) is 5. The Hall–Kier alpha value is -2.21. The van der Waals surface area contributed by atoms with Crippen molar-refractivity contribution in [1.82, 2.24) is 15.3 Å². The van der Waals surface area contributed by atoms with Gasteiger partial charge >= 0.3 is 0 Å². The lowest BCUT2D eigenvalue weighted by Crippen LogP contribution is -2.41. The number of ether oxygens (including phenoxy) is 1. The van der Waals surface area contributed by atoms with Crippen LogP contribution in [0.25, 0.3) is 0 Å². The summed E-state index contributed by atoms with van der Waals surface area (Å²) in [6.45, 7) is 2.89.